The lowest BCUT2D eigenvalue weighted by molar-refractivity contribution is -0.137. The molecule has 0 saturated heterocycles. The molecule has 1 aliphatic rings. The first-order chi connectivity index (χ1) is 14.9. The van der Waals surface area contributed by atoms with E-state index in [0.29, 0.717) is 19.4 Å². The predicted octanol–water partition coefficient (Wildman–Crippen LogP) is 4.49. The molecule has 2 aromatic heterocycles. The standard InChI is InChI=1S/C22H22F3N5O/c23-22(24,25)16-13-28-21(30-20(16)29-18-5-3-6-19(18)31)27-12-14-7-9-15(10-8-14)17-4-1-2-11-26-17/h1-2,4,7-11,13,18-19,31H,3,5-6,12H2,(H2,27,28,29,30)/t18-,19+/m0/s1. The molecule has 0 unspecified atom stereocenters. The molecule has 9 heteroatoms. The van der Waals surface area contributed by atoms with E-state index in [4.69, 9.17) is 0 Å². The Morgan fingerprint density at radius 1 is 1.03 bits per heavy atom. The molecule has 0 amide bonds. The van der Waals surface area contributed by atoms with E-state index in [0.717, 1.165) is 29.4 Å². The van der Waals surface area contributed by atoms with Gasteiger partial charge in [0.05, 0.1) is 17.8 Å². The number of hydrogen-bond donors (Lipinski definition) is 3. The van der Waals surface area contributed by atoms with Crippen molar-refractivity contribution < 1.29 is 18.3 Å². The van der Waals surface area contributed by atoms with E-state index in [2.05, 4.69) is 25.6 Å². The van der Waals surface area contributed by atoms with E-state index in [9.17, 15) is 18.3 Å². The van der Waals surface area contributed by atoms with Gasteiger partial charge in [-0.15, -0.1) is 0 Å². The molecular formula is C22H22F3N5O. The maximum atomic E-state index is 13.4. The van der Waals surface area contributed by atoms with E-state index in [1.165, 1.54) is 0 Å². The quantitative estimate of drug-likeness (QED) is 0.535. The van der Waals surface area contributed by atoms with Crippen LogP contribution >= 0.6 is 0 Å². The minimum absolute atomic E-state index is 0.0804. The van der Waals surface area contributed by atoms with E-state index in [1.807, 2.05) is 42.5 Å². The number of nitrogens with one attached hydrogen (secondary N) is 2. The molecular weight excluding hydrogens is 407 g/mol. The number of nitrogens with zero attached hydrogens (tertiary/aromatic N) is 3. The monoisotopic (exact) mass is 429 g/mol. The van der Waals surface area contributed by atoms with Gasteiger partial charge in [-0.2, -0.15) is 18.2 Å². The van der Waals surface area contributed by atoms with Gasteiger partial charge >= 0.3 is 6.18 Å². The molecule has 1 fully saturated rings. The van der Waals surface area contributed by atoms with Crippen molar-refractivity contribution >= 4 is 11.8 Å². The molecule has 0 radical (unpaired) electrons. The summed E-state index contributed by atoms with van der Waals surface area (Å²) in [6.07, 6.45) is -0.884. The molecule has 3 aromatic rings. The van der Waals surface area contributed by atoms with Gasteiger partial charge in [-0.1, -0.05) is 30.3 Å². The van der Waals surface area contributed by atoms with Gasteiger partial charge in [0.25, 0.3) is 0 Å². The number of alkyl halides is 3. The predicted molar refractivity (Wildman–Crippen MR) is 111 cm³/mol. The molecule has 162 valence electrons. The van der Waals surface area contributed by atoms with Gasteiger partial charge in [-0.25, -0.2) is 4.98 Å². The highest BCUT2D eigenvalue weighted by molar-refractivity contribution is 5.59. The summed E-state index contributed by atoms with van der Waals surface area (Å²) in [6, 6.07) is 12.9. The van der Waals surface area contributed by atoms with Crippen molar-refractivity contribution in [3.05, 3.63) is 66.0 Å². The Labute approximate surface area is 177 Å². The van der Waals surface area contributed by atoms with Gasteiger partial charge in [0.1, 0.15) is 11.4 Å². The second kappa shape index (κ2) is 8.89. The molecule has 3 N–H and O–H groups in total. The Hall–Kier alpha value is -3.20. The SMILES string of the molecule is O[C@@H]1CCC[C@@H]1Nc1nc(NCc2ccc(-c3ccccn3)cc2)ncc1C(F)(F)F. The van der Waals surface area contributed by atoms with Gasteiger partial charge in [-0.3, -0.25) is 4.98 Å². The highest BCUT2D eigenvalue weighted by atomic mass is 19.4. The normalized spacial score (nSPS) is 18.7. The van der Waals surface area contributed by atoms with Crippen molar-refractivity contribution in [1.82, 2.24) is 15.0 Å². The lowest BCUT2D eigenvalue weighted by atomic mass is 10.1. The number of hydrogen-bond acceptors (Lipinski definition) is 6. The highest BCUT2D eigenvalue weighted by Gasteiger charge is 2.37. The minimum Gasteiger partial charge on any atom is -0.391 e. The van der Waals surface area contributed by atoms with E-state index in [1.54, 1.807) is 6.20 Å². The number of benzene rings is 1. The molecule has 0 spiro atoms. The molecule has 1 aliphatic carbocycles. The first-order valence-electron chi connectivity index (χ1n) is 10.0. The highest BCUT2D eigenvalue weighted by Crippen LogP contribution is 2.35. The molecule has 0 bridgehead atoms. The van der Waals surface area contributed by atoms with Crippen molar-refractivity contribution in [3.8, 4) is 11.3 Å². The number of aliphatic hydroxyl groups excluding tert-OH is 1. The molecule has 4 rings (SSSR count). The van der Waals surface area contributed by atoms with Crippen molar-refractivity contribution in [3.63, 3.8) is 0 Å². The summed E-state index contributed by atoms with van der Waals surface area (Å²) in [5.41, 5.74) is 1.80. The van der Waals surface area contributed by atoms with Crippen LogP contribution in [0.15, 0.2) is 54.9 Å². The average molecular weight is 429 g/mol. The Balaban J connectivity index is 1.47. The topological polar surface area (TPSA) is 83.0 Å². The number of rotatable bonds is 6. The molecule has 0 aliphatic heterocycles. The van der Waals surface area contributed by atoms with Crippen LogP contribution in [0.5, 0.6) is 0 Å². The van der Waals surface area contributed by atoms with Crippen LogP contribution in [0.2, 0.25) is 0 Å². The van der Waals surface area contributed by atoms with Crippen molar-refractivity contribution in [2.75, 3.05) is 10.6 Å². The van der Waals surface area contributed by atoms with E-state index >= 15 is 0 Å². The van der Waals surface area contributed by atoms with Crippen molar-refractivity contribution in [1.29, 1.82) is 0 Å². The third kappa shape index (κ3) is 5.11. The van der Waals surface area contributed by atoms with Gasteiger partial charge in [0.2, 0.25) is 5.95 Å². The summed E-state index contributed by atoms with van der Waals surface area (Å²) in [7, 11) is 0. The summed E-state index contributed by atoms with van der Waals surface area (Å²) in [6.45, 7) is 0.347. The summed E-state index contributed by atoms with van der Waals surface area (Å²) in [5.74, 6) is -0.238. The van der Waals surface area contributed by atoms with Gasteiger partial charge in [-0.05, 0) is 37.0 Å². The Kier molecular flexibility index (Phi) is 6.03. The molecule has 1 aromatic carbocycles. The largest absolute Gasteiger partial charge is 0.421 e. The smallest absolute Gasteiger partial charge is 0.391 e. The van der Waals surface area contributed by atoms with Crippen LogP contribution in [0.4, 0.5) is 24.9 Å². The van der Waals surface area contributed by atoms with E-state index in [-0.39, 0.29) is 11.8 Å². The molecule has 1 saturated carbocycles. The van der Waals surface area contributed by atoms with Crippen LogP contribution in [-0.2, 0) is 12.7 Å². The van der Waals surface area contributed by atoms with Gasteiger partial charge in [0, 0.05) is 24.5 Å². The van der Waals surface area contributed by atoms with Crippen molar-refractivity contribution in [2.45, 2.75) is 44.1 Å². The van der Waals surface area contributed by atoms with Crippen molar-refractivity contribution in [2.24, 2.45) is 0 Å². The minimum atomic E-state index is -4.59. The third-order valence-corrected chi connectivity index (χ3v) is 5.26. The van der Waals surface area contributed by atoms with E-state index < -0.39 is 23.9 Å². The van der Waals surface area contributed by atoms with Crippen LogP contribution in [-0.4, -0.2) is 32.2 Å². The van der Waals surface area contributed by atoms with Crippen LogP contribution in [0.1, 0.15) is 30.4 Å². The van der Waals surface area contributed by atoms with Crippen LogP contribution < -0.4 is 10.6 Å². The first-order valence-corrected chi connectivity index (χ1v) is 10.0. The maximum absolute atomic E-state index is 13.4. The molecule has 31 heavy (non-hydrogen) atoms. The zero-order valence-corrected chi connectivity index (χ0v) is 16.6. The first kappa shape index (κ1) is 21.0. The van der Waals surface area contributed by atoms with Crippen LogP contribution in [0.25, 0.3) is 11.3 Å². The lowest BCUT2D eigenvalue weighted by Gasteiger charge is -2.20. The molecule has 2 atom stereocenters. The zero-order chi connectivity index (χ0) is 21.8. The summed E-state index contributed by atoms with van der Waals surface area (Å²) < 4.78 is 40.1. The summed E-state index contributed by atoms with van der Waals surface area (Å²) >= 11 is 0. The average Bonchev–Trinajstić information content (AvgIpc) is 3.17. The fourth-order valence-corrected chi connectivity index (χ4v) is 3.58. The number of halogens is 3. The molecule has 6 nitrogen and oxygen atoms in total. The molecule has 2 heterocycles. The Morgan fingerprint density at radius 2 is 1.84 bits per heavy atom. The fourth-order valence-electron chi connectivity index (χ4n) is 3.58. The zero-order valence-electron chi connectivity index (χ0n) is 16.6. The fraction of sp³-hybridized carbons (Fsp3) is 0.318. The Morgan fingerprint density at radius 3 is 2.48 bits per heavy atom. The number of anilines is 2. The lowest BCUT2D eigenvalue weighted by Crippen LogP contribution is -2.30. The van der Waals surface area contributed by atoms with Gasteiger partial charge in [0.15, 0.2) is 0 Å². The van der Waals surface area contributed by atoms with Crippen LogP contribution in [0, 0.1) is 0 Å². The number of pyridine rings is 1. The third-order valence-electron chi connectivity index (χ3n) is 5.26. The summed E-state index contributed by atoms with van der Waals surface area (Å²) in [5, 5.41) is 15.7. The number of aliphatic hydroxyl groups is 1. The number of aromatic nitrogens is 3. The Bertz CT molecular complexity index is 1010. The maximum Gasteiger partial charge on any atom is 0.421 e. The van der Waals surface area contributed by atoms with Crippen LogP contribution in [0.3, 0.4) is 0 Å². The second-order valence-corrected chi connectivity index (χ2v) is 7.47. The summed E-state index contributed by atoms with van der Waals surface area (Å²) in [4.78, 5) is 12.2. The second-order valence-electron chi connectivity index (χ2n) is 7.47. The van der Waals surface area contributed by atoms with Gasteiger partial charge < -0.3 is 15.7 Å².